The Hall–Kier alpha value is -2.10. The first-order chi connectivity index (χ1) is 8.95. The fourth-order valence-electron chi connectivity index (χ4n) is 2.01. The molecule has 0 saturated carbocycles. The summed E-state index contributed by atoms with van der Waals surface area (Å²) in [5, 5.41) is 3.68. The number of rotatable bonds is 3. The Kier molecular flexibility index (Phi) is 3.42. The summed E-state index contributed by atoms with van der Waals surface area (Å²) in [6, 6.07) is 3.77. The van der Waals surface area contributed by atoms with Crippen LogP contribution in [0.3, 0.4) is 0 Å². The first kappa shape index (κ1) is 13.3. The lowest BCUT2D eigenvalue weighted by molar-refractivity contribution is 0.0959. The number of nitrogens with one attached hydrogen (secondary N) is 1. The standard InChI is InChI=1S/C15H19N3O/c1-5-8-17-14(19)12-10-18(15(2,3)4)13-11(12)7-6-9-16-13/h5-7,9-10H,1,8H2,2-4H3,(H,17,19). The van der Waals surface area contributed by atoms with Crippen molar-refractivity contribution in [2.75, 3.05) is 6.54 Å². The molecule has 100 valence electrons. The van der Waals surface area contributed by atoms with Crippen LogP contribution in [0, 0.1) is 0 Å². The zero-order valence-corrected chi connectivity index (χ0v) is 11.6. The molecule has 2 aromatic rings. The van der Waals surface area contributed by atoms with Crippen molar-refractivity contribution in [2.45, 2.75) is 26.3 Å². The van der Waals surface area contributed by atoms with Gasteiger partial charge in [0.05, 0.1) is 5.56 Å². The highest BCUT2D eigenvalue weighted by Gasteiger charge is 2.21. The fraction of sp³-hybridized carbons (Fsp3) is 0.333. The first-order valence-electron chi connectivity index (χ1n) is 6.31. The molecule has 4 heteroatoms. The number of hydrogen-bond donors (Lipinski definition) is 1. The quantitative estimate of drug-likeness (QED) is 0.859. The van der Waals surface area contributed by atoms with Crippen LogP contribution >= 0.6 is 0 Å². The molecule has 0 aliphatic rings. The van der Waals surface area contributed by atoms with E-state index >= 15 is 0 Å². The molecule has 0 aliphatic carbocycles. The number of aromatic nitrogens is 2. The highest BCUT2D eigenvalue weighted by molar-refractivity contribution is 6.06. The Bertz CT molecular complexity index is 620. The van der Waals surface area contributed by atoms with Crippen LogP contribution in [-0.4, -0.2) is 22.0 Å². The average Bonchev–Trinajstić information content (AvgIpc) is 2.75. The Morgan fingerprint density at radius 3 is 2.89 bits per heavy atom. The minimum Gasteiger partial charge on any atom is -0.349 e. The van der Waals surface area contributed by atoms with Gasteiger partial charge in [-0.05, 0) is 32.9 Å². The van der Waals surface area contributed by atoms with Crippen molar-refractivity contribution < 1.29 is 4.79 Å². The fourth-order valence-corrected chi connectivity index (χ4v) is 2.01. The maximum Gasteiger partial charge on any atom is 0.253 e. The van der Waals surface area contributed by atoms with E-state index in [1.807, 2.05) is 22.9 Å². The van der Waals surface area contributed by atoms with E-state index in [4.69, 9.17) is 0 Å². The van der Waals surface area contributed by atoms with Gasteiger partial charge in [0.1, 0.15) is 5.65 Å². The predicted octanol–water partition coefficient (Wildman–Crippen LogP) is 2.71. The Morgan fingerprint density at radius 2 is 2.26 bits per heavy atom. The number of hydrogen-bond acceptors (Lipinski definition) is 2. The van der Waals surface area contributed by atoms with Crippen LogP contribution in [0.2, 0.25) is 0 Å². The minimum atomic E-state index is -0.121. The number of fused-ring (bicyclic) bond motifs is 1. The highest BCUT2D eigenvalue weighted by atomic mass is 16.1. The molecule has 0 spiro atoms. The zero-order chi connectivity index (χ0) is 14.0. The zero-order valence-electron chi connectivity index (χ0n) is 11.6. The maximum absolute atomic E-state index is 12.2. The molecule has 0 aromatic carbocycles. The lowest BCUT2D eigenvalue weighted by Gasteiger charge is -2.21. The third-order valence-electron chi connectivity index (χ3n) is 2.94. The van der Waals surface area contributed by atoms with E-state index in [1.54, 1.807) is 12.3 Å². The molecule has 0 saturated heterocycles. The van der Waals surface area contributed by atoms with E-state index in [0.717, 1.165) is 11.0 Å². The second-order valence-electron chi connectivity index (χ2n) is 5.46. The number of pyridine rings is 1. The van der Waals surface area contributed by atoms with Crippen LogP contribution in [0.15, 0.2) is 37.2 Å². The second-order valence-corrected chi connectivity index (χ2v) is 5.46. The third-order valence-corrected chi connectivity index (χ3v) is 2.94. The van der Waals surface area contributed by atoms with Gasteiger partial charge in [0.2, 0.25) is 0 Å². The molecule has 0 bridgehead atoms. The smallest absolute Gasteiger partial charge is 0.253 e. The molecule has 4 nitrogen and oxygen atoms in total. The van der Waals surface area contributed by atoms with E-state index in [1.165, 1.54) is 0 Å². The lowest BCUT2D eigenvalue weighted by Crippen LogP contribution is -2.24. The molecule has 19 heavy (non-hydrogen) atoms. The van der Waals surface area contributed by atoms with Crippen molar-refractivity contribution in [3.05, 3.63) is 42.7 Å². The van der Waals surface area contributed by atoms with Crippen LogP contribution < -0.4 is 5.32 Å². The summed E-state index contributed by atoms with van der Waals surface area (Å²) in [4.78, 5) is 16.6. The summed E-state index contributed by atoms with van der Waals surface area (Å²) in [6.45, 7) is 10.3. The summed E-state index contributed by atoms with van der Waals surface area (Å²) >= 11 is 0. The van der Waals surface area contributed by atoms with Gasteiger partial charge in [-0.3, -0.25) is 4.79 Å². The predicted molar refractivity (Wildman–Crippen MR) is 77.3 cm³/mol. The van der Waals surface area contributed by atoms with Crippen molar-refractivity contribution >= 4 is 16.9 Å². The lowest BCUT2D eigenvalue weighted by atomic mass is 10.1. The molecule has 0 fully saturated rings. The molecule has 0 aliphatic heterocycles. The third kappa shape index (κ3) is 2.52. The number of carbonyl (C=O) groups excluding carboxylic acids is 1. The van der Waals surface area contributed by atoms with Gasteiger partial charge in [-0.1, -0.05) is 6.08 Å². The largest absolute Gasteiger partial charge is 0.349 e. The van der Waals surface area contributed by atoms with Gasteiger partial charge < -0.3 is 9.88 Å². The molecule has 2 aromatic heterocycles. The van der Waals surface area contributed by atoms with Crippen molar-refractivity contribution in [3.63, 3.8) is 0 Å². The SMILES string of the molecule is C=CCNC(=O)c1cn(C(C)(C)C)c2ncccc12. The monoisotopic (exact) mass is 257 g/mol. The molecule has 0 atom stereocenters. The number of amides is 1. The molecular weight excluding hydrogens is 238 g/mol. The highest BCUT2D eigenvalue weighted by Crippen LogP contribution is 2.25. The number of carbonyl (C=O) groups is 1. The van der Waals surface area contributed by atoms with Crippen molar-refractivity contribution in [1.29, 1.82) is 0 Å². The number of nitrogens with zero attached hydrogens (tertiary/aromatic N) is 2. The molecule has 0 radical (unpaired) electrons. The van der Waals surface area contributed by atoms with Crippen molar-refractivity contribution in [1.82, 2.24) is 14.9 Å². The summed E-state index contributed by atoms with van der Waals surface area (Å²) in [5.74, 6) is -0.0964. The van der Waals surface area contributed by atoms with Gasteiger partial charge in [0.15, 0.2) is 0 Å². The van der Waals surface area contributed by atoms with E-state index in [-0.39, 0.29) is 11.4 Å². The average molecular weight is 257 g/mol. The molecule has 2 heterocycles. The Labute approximate surface area is 113 Å². The molecule has 0 unspecified atom stereocenters. The summed E-state index contributed by atoms with van der Waals surface area (Å²) in [5.41, 5.74) is 1.36. The summed E-state index contributed by atoms with van der Waals surface area (Å²) in [6.07, 6.45) is 5.28. The van der Waals surface area contributed by atoms with E-state index in [0.29, 0.717) is 12.1 Å². The van der Waals surface area contributed by atoms with E-state index in [2.05, 4.69) is 37.7 Å². The summed E-state index contributed by atoms with van der Waals surface area (Å²) in [7, 11) is 0. The molecule has 1 amide bonds. The Morgan fingerprint density at radius 1 is 1.53 bits per heavy atom. The summed E-state index contributed by atoms with van der Waals surface area (Å²) < 4.78 is 2.03. The van der Waals surface area contributed by atoms with Crippen molar-refractivity contribution in [3.8, 4) is 0 Å². The van der Waals surface area contributed by atoms with Gasteiger partial charge in [0, 0.05) is 29.9 Å². The van der Waals surface area contributed by atoms with Gasteiger partial charge in [-0.15, -0.1) is 6.58 Å². The van der Waals surface area contributed by atoms with Gasteiger partial charge in [0.25, 0.3) is 5.91 Å². The van der Waals surface area contributed by atoms with Gasteiger partial charge >= 0.3 is 0 Å². The van der Waals surface area contributed by atoms with Crippen LogP contribution in [0.25, 0.3) is 11.0 Å². The molecular formula is C15H19N3O. The second kappa shape index (κ2) is 4.88. The van der Waals surface area contributed by atoms with Gasteiger partial charge in [-0.2, -0.15) is 0 Å². The van der Waals surface area contributed by atoms with Crippen molar-refractivity contribution in [2.24, 2.45) is 0 Å². The van der Waals surface area contributed by atoms with Gasteiger partial charge in [-0.25, -0.2) is 4.98 Å². The van der Waals surface area contributed by atoms with Crippen LogP contribution in [0.5, 0.6) is 0 Å². The van der Waals surface area contributed by atoms with Crippen LogP contribution in [0.4, 0.5) is 0 Å². The maximum atomic E-state index is 12.2. The molecule has 1 N–H and O–H groups in total. The first-order valence-corrected chi connectivity index (χ1v) is 6.31. The minimum absolute atomic E-state index is 0.0964. The molecule has 2 rings (SSSR count). The van der Waals surface area contributed by atoms with Crippen LogP contribution in [-0.2, 0) is 5.54 Å². The van der Waals surface area contributed by atoms with E-state index in [9.17, 15) is 4.79 Å². The normalized spacial score (nSPS) is 11.5. The Balaban J connectivity index is 2.56. The van der Waals surface area contributed by atoms with Crippen LogP contribution in [0.1, 0.15) is 31.1 Å². The van der Waals surface area contributed by atoms with E-state index < -0.39 is 0 Å². The topological polar surface area (TPSA) is 46.9 Å².